The molecule has 0 radical (unpaired) electrons. The molecule has 7 heteroatoms. The van der Waals surface area contributed by atoms with Crippen LogP contribution in [0.4, 0.5) is 4.79 Å². The van der Waals surface area contributed by atoms with Crippen molar-refractivity contribution in [3.05, 3.63) is 83.6 Å². The standard InChI is InChI=1S/C32H38N4O3/c1-32(2,3)39-31(38)35-26-15-13-25(14-16-26)34-30(37)29-18-23-12-11-21(19-33)17-28(23)36(29)20-24-9-6-8-22-7-4-5-10-27(22)24/h4-12,17-18,25-26H,13-16,19-20,33H2,1-3H3,(H,34,37)(H,35,38)/t25-,26-. The minimum absolute atomic E-state index is 0.0535. The van der Waals surface area contributed by atoms with Crippen molar-refractivity contribution in [1.82, 2.24) is 15.2 Å². The summed E-state index contributed by atoms with van der Waals surface area (Å²) >= 11 is 0. The predicted molar refractivity (Wildman–Crippen MR) is 156 cm³/mol. The largest absolute Gasteiger partial charge is 0.444 e. The van der Waals surface area contributed by atoms with Gasteiger partial charge in [-0.2, -0.15) is 0 Å². The van der Waals surface area contributed by atoms with E-state index in [2.05, 4.69) is 51.6 Å². The average molecular weight is 527 g/mol. The van der Waals surface area contributed by atoms with Gasteiger partial charge in [-0.3, -0.25) is 4.79 Å². The first kappa shape index (κ1) is 26.8. The van der Waals surface area contributed by atoms with Crippen molar-refractivity contribution < 1.29 is 14.3 Å². The number of carbonyl (C=O) groups excluding carboxylic acids is 2. The summed E-state index contributed by atoms with van der Waals surface area (Å²) in [6, 6.07) is 22.9. The third kappa shape index (κ3) is 6.25. The molecule has 3 aromatic carbocycles. The Labute approximate surface area is 229 Å². The van der Waals surface area contributed by atoms with Crippen LogP contribution in [0, 0.1) is 0 Å². The predicted octanol–water partition coefficient (Wildman–Crippen LogP) is 5.87. The van der Waals surface area contributed by atoms with Gasteiger partial charge in [-0.15, -0.1) is 0 Å². The van der Waals surface area contributed by atoms with Crippen LogP contribution in [0.25, 0.3) is 21.7 Å². The number of amides is 2. The van der Waals surface area contributed by atoms with Crippen LogP contribution < -0.4 is 16.4 Å². The second-order valence-electron chi connectivity index (χ2n) is 11.5. The highest BCUT2D eigenvalue weighted by molar-refractivity contribution is 5.99. The van der Waals surface area contributed by atoms with Crippen molar-refractivity contribution in [1.29, 1.82) is 0 Å². The van der Waals surface area contributed by atoms with E-state index in [1.807, 2.05) is 51.1 Å². The first-order chi connectivity index (χ1) is 18.7. The number of rotatable bonds is 6. The van der Waals surface area contributed by atoms with Crippen molar-refractivity contribution in [2.45, 2.75) is 77.2 Å². The number of aromatic nitrogens is 1. The van der Waals surface area contributed by atoms with Crippen molar-refractivity contribution in [3.63, 3.8) is 0 Å². The van der Waals surface area contributed by atoms with Gasteiger partial charge in [0.05, 0.1) is 0 Å². The van der Waals surface area contributed by atoms with E-state index in [1.54, 1.807) is 0 Å². The lowest BCUT2D eigenvalue weighted by atomic mass is 9.91. The fourth-order valence-electron chi connectivity index (χ4n) is 5.50. The van der Waals surface area contributed by atoms with Crippen LogP contribution >= 0.6 is 0 Å². The zero-order chi connectivity index (χ0) is 27.6. The molecule has 0 atom stereocenters. The third-order valence-electron chi connectivity index (χ3n) is 7.43. The van der Waals surface area contributed by atoms with Crippen LogP contribution in [-0.2, 0) is 17.8 Å². The molecule has 5 rings (SSSR count). The summed E-state index contributed by atoms with van der Waals surface area (Å²) in [6.07, 6.45) is 2.80. The van der Waals surface area contributed by atoms with E-state index in [0.29, 0.717) is 18.8 Å². The van der Waals surface area contributed by atoms with Gasteiger partial charge in [-0.25, -0.2) is 4.79 Å². The van der Waals surface area contributed by atoms with E-state index in [1.165, 1.54) is 10.8 Å². The highest BCUT2D eigenvalue weighted by Crippen LogP contribution is 2.27. The summed E-state index contributed by atoms with van der Waals surface area (Å²) in [5, 5.41) is 9.62. The summed E-state index contributed by atoms with van der Waals surface area (Å²) in [5.41, 5.74) is 9.26. The van der Waals surface area contributed by atoms with Crippen molar-refractivity contribution >= 4 is 33.7 Å². The number of hydrogen-bond donors (Lipinski definition) is 3. The molecule has 0 aliphatic heterocycles. The van der Waals surface area contributed by atoms with Gasteiger partial charge in [0, 0.05) is 36.1 Å². The van der Waals surface area contributed by atoms with E-state index in [0.717, 1.165) is 47.7 Å². The van der Waals surface area contributed by atoms with Gasteiger partial charge in [0.1, 0.15) is 11.3 Å². The first-order valence-electron chi connectivity index (χ1n) is 13.8. The van der Waals surface area contributed by atoms with Crippen molar-refractivity contribution in [2.24, 2.45) is 5.73 Å². The minimum atomic E-state index is -0.523. The second-order valence-corrected chi connectivity index (χ2v) is 11.5. The fourth-order valence-corrected chi connectivity index (χ4v) is 5.50. The van der Waals surface area contributed by atoms with Gasteiger partial charge < -0.3 is 25.7 Å². The van der Waals surface area contributed by atoms with Crippen LogP contribution in [-0.4, -0.2) is 34.3 Å². The monoisotopic (exact) mass is 526 g/mol. The Morgan fingerprint density at radius 2 is 1.59 bits per heavy atom. The molecule has 4 aromatic rings. The molecule has 7 nitrogen and oxygen atoms in total. The van der Waals surface area contributed by atoms with Gasteiger partial charge in [0.2, 0.25) is 0 Å². The zero-order valence-electron chi connectivity index (χ0n) is 23.0. The van der Waals surface area contributed by atoms with E-state index < -0.39 is 5.60 Å². The second kappa shape index (κ2) is 11.1. The lowest BCUT2D eigenvalue weighted by Gasteiger charge is -2.30. The maximum atomic E-state index is 13.7. The third-order valence-corrected chi connectivity index (χ3v) is 7.43. The molecule has 0 unspecified atom stereocenters. The van der Waals surface area contributed by atoms with E-state index in [4.69, 9.17) is 10.5 Å². The molecule has 1 aliphatic carbocycles. The number of nitrogens with zero attached hydrogens (tertiary/aromatic N) is 1. The number of nitrogens with two attached hydrogens (primary N) is 1. The average Bonchev–Trinajstić information content (AvgIpc) is 3.26. The normalized spacial score (nSPS) is 17.7. The molecular formula is C32H38N4O3. The number of carbonyl (C=O) groups is 2. The van der Waals surface area contributed by atoms with Crippen LogP contribution in [0.5, 0.6) is 0 Å². The van der Waals surface area contributed by atoms with Crippen LogP contribution in [0.15, 0.2) is 66.7 Å². The molecular weight excluding hydrogens is 488 g/mol. The summed E-state index contributed by atoms with van der Waals surface area (Å²) in [4.78, 5) is 25.8. The van der Waals surface area contributed by atoms with Gasteiger partial charge in [0.15, 0.2) is 0 Å². The number of fused-ring (bicyclic) bond motifs is 2. The number of ether oxygens (including phenoxy) is 1. The van der Waals surface area contributed by atoms with Crippen LogP contribution in [0.1, 0.15) is 68.1 Å². The zero-order valence-corrected chi connectivity index (χ0v) is 23.0. The highest BCUT2D eigenvalue weighted by atomic mass is 16.6. The molecule has 1 fully saturated rings. The summed E-state index contributed by atoms with van der Waals surface area (Å²) in [6.45, 7) is 6.59. The van der Waals surface area contributed by atoms with E-state index in [-0.39, 0.29) is 24.1 Å². The molecule has 39 heavy (non-hydrogen) atoms. The molecule has 1 saturated carbocycles. The lowest BCUT2D eigenvalue weighted by molar-refractivity contribution is 0.0488. The van der Waals surface area contributed by atoms with Gasteiger partial charge >= 0.3 is 6.09 Å². The number of hydrogen-bond acceptors (Lipinski definition) is 4. The molecule has 1 aromatic heterocycles. The van der Waals surface area contributed by atoms with Gasteiger partial charge in [-0.05, 0) is 80.5 Å². The number of benzene rings is 3. The Kier molecular flexibility index (Phi) is 7.62. The van der Waals surface area contributed by atoms with Gasteiger partial charge in [-0.1, -0.05) is 54.6 Å². The van der Waals surface area contributed by atoms with Crippen molar-refractivity contribution in [3.8, 4) is 0 Å². The molecule has 0 saturated heterocycles. The molecule has 204 valence electrons. The molecule has 0 spiro atoms. The summed E-state index contributed by atoms with van der Waals surface area (Å²) in [7, 11) is 0. The Morgan fingerprint density at radius 1 is 0.897 bits per heavy atom. The quantitative estimate of drug-likeness (QED) is 0.293. The molecule has 1 aliphatic rings. The van der Waals surface area contributed by atoms with Crippen LogP contribution in [0.2, 0.25) is 0 Å². The Balaban J connectivity index is 1.35. The molecule has 1 heterocycles. The molecule has 2 amide bonds. The van der Waals surface area contributed by atoms with Crippen molar-refractivity contribution in [2.75, 3.05) is 0 Å². The van der Waals surface area contributed by atoms with E-state index >= 15 is 0 Å². The fraction of sp³-hybridized carbons (Fsp3) is 0.375. The van der Waals surface area contributed by atoms with Gasteiger partial charge in [0.25, 0.3) is 5.91 Å². The minimum Gasteiger partial charge on any atom is -0.444 e. The SMILES string of the molecule is CC(C)(C)OC(=O)N[C@H]1CC[C@H](NC(=O)c2cc3ccc(CN)cc3n2Cc2cccc3ccccc23)CC1. The summed E-state index contributed by atoms with van der Waals surface area (Å²) < 4.78 is 7.51. The summed E-state index contributed by atoms with van der Waals surface area (Å²) in [5.74, 6) is -0.0794. The number of nitrogens with one attached hydrogen (secondary N) is 2. The maximum absolute atomic E-state index is 13.7. The Hall–Kier alpha value is -3.84. The smallest absolute Gasteiger partial charge is 0.407 e. The Bertz CT molecular complexity index is 1490. The molecule has 0 bridgehead atoms. The highest BCUT2D eigenvalue weighted by Gasteiger charge is 2.27. The van der Waals surface area contributed by atoms with Crippen LogP contribution in [0.3, 0.4) is 0 Å². The maximum Gasteiger partial charge on any atom is 0.407 e. The topological polar surface area (TPSA) is 98.4 Å². The molecule has 4 N–H and O–H groups in total. The lowest BCUT2D eigenvalue weighted by Crippen LogP contribution is -2.45. The first-order valence-corrected chi connectivity index (χ1v) is 13.8. The van der Waals surface area contributed by atoms with E-state index in [9.17, 15) is 9.59 Å². The number of alkyl carbamates (subject to hydrolysis) is 1. The Morgan fingerprint density at radius 3 is 2.31 bits per heavy atom.